The number of fused-ring (bicyclic) bond motifs is 1. The molecule has 1 saturated carbocycles. The van der Waals surface area contributed by atoms with Crippen LogP contribution in [0.3, 0.4) is 0 Å². The summed E-state index contributed by atoms with van der Waals surface area (Å²) in [5.74, 6) is 0. The number of hydrogen-bond donors (Lipinski definition) is 0. The molecule has 15 heavy (non-hydrogen) atoms. The highest BCUT2D eigenvalue weighted by Crippen LogP contribution is 2.51. The minimum absolute atomic E-state index is 0.143. The van der Waals surface area contributed by atoms with Gasteiger partial charge in [-0.05, 0) is 36.4 Å². The number of hydrogen-bond acceptors (Lipinski definition) is 2. The lowest BCUT2D eigenvalue weighted by Gasteiger charge is -1.97. The van der Waals surface area contributed by atoms with Crippen molar-refractivity contribution in [1.82, 2.24) is 0 Å². The maximum atomic E-state index is 9.14. The second kappa shape index (κ2) is 3.07. The highest BCUT2D eigenvalue weighted by molar-refractivity contribution is 9.10. The van der Waals surface area contributed by atoms with E-state index in [1.807, 2.05) is 6.07 Å². The van der Waals surface area contributed by atoms with E-state index in [1.165, 1.54) is 15.0 Å². The second-order valence-corrected chi connectivity index (χ2v) is 5.99. The molecule has 0 unspecified atom stereocenters. The lowest BCUT2D eigenvalue weighted by Crippen LogP contribution is -1.97. The third kappa shape index (κ3) is 1.40. The van der Waals surface area contributed by atoms with Crippen LogP contribution in [0.1, 0.15) is 17.7 Å². The average Bonchev–Trinajstić information content (AvgIpc) is 2.93. The molecule has 1 aliphatic carbocycles. The van der Waals surface area contributed by atoms with Crippen molar-refractivity contribution in [2.45, 2.75) is 18.3 Å². The van der Waals surface area contributed by atoms with Gasteiger partial charge < -0.3 is 0 Å². The van der Waals surface area contributed by atoms with Crippen LogP contribution in [0.2, 0.25) is 0 Å². The number of halogens is 1. The number of benzene rings is 1. The average molecular weight is 278 g/mol. The molecule has 1 nitrogen and oxygen atoms in total. The van der Waals surface area contributed by atoms with E-state index in [4.69, 9.17) is 5.26 Å². The van der Waals surface area contributed by atoms with Gasteiger partial charge in [0.2, 0.25) is 0 Å². The molecule has 1 fully saturated rings. The van der Waals surface area contributed by atoms with Crippen molar-refractivity contribution in [3.05, 3.63) is 33.6 Å². The van der Waals surface area contributed by atoms with E-state index in [0.717, 1.165) is 17.3 Å². The molecule has 0 saturated heterocycles. The van der Waals surface area contributed by atoms with Gasteiger partial charge in [-0.15, -0.1) is 11.3 Å². The number of thiophene rings is 1. The molecule has 0 atom stereocenters. The number of nitrogens with zero attached hydrogens (tertiary/aromatic N) is 1. The van der Waals surface area contributed by atoms with Gasteiger partial charge in [-0.2, -0.15) is 5.26 Å². The molecule has 1 aliphatic rings. The van der Waals surface area contributed by atoms with Crippen LogP contribution in [0, 0.1) is 11.3 Å². The summed E-state index contributed by atoms with van der Waals surface area (Å²) in [6.45, 7) is 0. The van der Waals surface area contributed by atoms with Crippen molar-refractivity contribution in [2.24, 2.45) is 0 Å². The molecule has 0 N–H and O–H groups in total. The van der Waals surface area contributed by atoms with Crippen LogP contribution < -0.4 is 0 Å². The summed E-state index contributed by atoms with van der Waals surface area (Å²) < 4.78 is 2.37. The van der Waals surface area contributed by atoms with Crippen LogP contribution in [0.5, 0.6) is 0 Å². The summed E-state index contributed by atoms with van der Waals surface area (Å²) in [6, 6.07) is 10.9. The predicted molar refractivity (Wildman–Crippen MR) is 66.1 cm³/mol. The quantitative estimate of drug-likeness (QED) is 0.766. The molecule has 1 heterocycles. The molecule has 3 rings (SSSR count). The molecule has 0 radical (unpaired) electrons. The molecule has 1 aromatic carbocycles. The first-order chi connectivity index (χ1) is 7.23. The van der Waals surface area contributed by atoms with E-state index in [2.05, 4.69) is 40.2 Å². The summed E-state index contributed by atoms with van der Waals surface area (Å²) >= 11 is 5.22. The maximum Gasteiger partial charge on any atom is 0.0916 e. The fourth-order valence-corrected chi connectivity index (χ4v) is 3.59. The van der Waals surface area contributed by atoms with Gasteiger partial charge in [-0.25, -0.2) is 0 Å². The zero-order valence-corrected chi connectivity index (χ0v) is 10.4. The normalized spacial score (nSPS) is 17.6. The van der Waals surface area contributed by atoms with E-state index in [9.17, 15) is 0 Å². The van der Waals surface area contributed by atoms with Crippen molar-refractivity contribution in [1.29, 1.82) is 5.26 Å². The predicted octanol–water partition coefficient (Wildman–Crippen LogP) is 4.22. The lowest BCUT2D eigenvalue weighted by atomic mass is 10.1. The number of nitriles is 1. The smallest absolute Gasteiger partial charge is 0.0916 e. The summed E-state index contributed by atoms with van der Waals surface area (Å²) in [7, 11) is 0. The Morgan fingerprint density at radius 2 is 2.13 bits per heavy atom. The van der Waals surface area contributed by atoms with E-state index in [0.29, 0.717) is 0 Å². The Morgan fingerprint density at radius 1 is 1.33 bits per heavy atom. The third-order valence-corrected chi connectivity index (χ3v) is 4.71. The van der Waals surface area contributed by atoms with Gasteiger partial charge in [0.15, 0.2) is 0 Å². The minimum Gasteiger partial charge on any atom is -0.197 e. The highest BCUT2D eigenvalue weighted by Gasteiger charge is 2.46. The Kier molecular flexibility index (Phi) is 1.92. The molecule has 0 aliphatic heterocycles. The van der Waals surface area contributed by atoms with Crippen LogP contribution in [-0.4, -0.2) is 0 Å². The van der Waals surface area contributed by atoms with Crippen LogP contribution in [0.15, 0.2) is 28.7 Å². The van der Waals surface area contributed by atoms with Crippen molar-refractivity contribution < 1.29 is 0 Å². The lowest BCUT2D eigenvalue weighted by molar-refractivity contribution is 0.938. The molecule has 0 amide bonds. The molecule has 3 heteroatoms. The van der Waals surface area contributed by atoms with E-state index in [1.54, 1.807) is 11.3 Å². The van der Waals surface area contributed by atoms with Gasteiger partial charge >= 0.3 is 0 Å². The summed E-state index contributed by atoms with van der Waals surface area (Å²) in [5, 5.41) is 10.4. The molecular formula is C12H8BrNS. The van der Waals surface area contributed by atoms with Crippen LogP contribution >= 0.6 is 27.3 Å². The first kappa shape index (κ1) is 9.38. The first-order valence-electron chi connectivity index (χ1n) is 4.84. The van der Waals surface area contributed by atoms with Crippen molar-refractivity contribution in [2.75, 3.05) is 0 Å². The molecule has 2 aromatic rings. The molecule has 1 aromatic heterocycles. The van der Waals surface area contributed by atoms with Crippen LogP contribution in [0.4, 0.5) is 0 Å². The molecule has 74 valence electrons. The Labute approximate surface area is 100 Å². The van der Waals surface area contributed by atoms with E-state index < -0.39 is 0 Å². The first-order valence-corrected chi connectivity index (χ1v) is 6.45. The molecule has 0 spiro atoms. The fraction of sp³-hybridized carbons (Fsp3) is 0.250. The summed E-state index contributed by atoms with van der Waals surface area (Å²) in [5.41, 5.74) is -0.143. The van der Waals surface area contributed by atoms with Gasteiger partial charge in [-0.1, -0.05) is 22.0 Å². The number of rotatable bonds is 1. The fourth-order valence-electron chi connectivity index (χ4n) is 1.78. The van der Waals surface area contributed by atoms with Gasteiger partial charge in [0.05, 0.1) is 11.5 Å². The summed E-state index contributed by atoms with van der Waals surface area (Å²) in [6.07, 6.45) is 2.05. The zero-order chi connectivity index (χ0) is 10.5. The van der Waals surface area contributed by atoms with Gasteiger partial charge in [-0.3, -0.25) is 0 Å². The monoisotopic (exact) mass is 277 g/mol. The second-order valence-electron chi connectivity index (χ2n) is 3.99. The Hall–Kier alpha value is -0.850. The van der Waals surface area contributed by atoms with Gasteiger partial charge in [0, 0.05) is 14.0 Å². The topological polar surface area (TPSA) is 23.8 Å². The zero-order valence-electron chi connectivity index (χ0n) is 7.96. The largest absolute Gasteiger partial charge is 0.197 e. The van der Waals surface area contributed by atoms with Crippen molar-refractivity contribution >= 4 is 37.4 Å². The van der Waals surface area contributed by atoms with Crippen LogP contribution in [-0.2, 0) is 5.41 Å². The van der Waals surface area contributed by atoms with E-state index in [-0.39, 0.29) is 5.41 Å². The standard InChI is InChI=1S/C12H8BrNS/c13-9-2-1-8-5-11(15-10(8)6-9)12(7-14)3-4-12/h1-2,5-6H,3-4H2. The highest BCUT2D eigenvalue weighted by atomic mass is 79.9. The third-order valence-electron chi connectivity index (χ3n) is 2.92. The Bertz CT molecular complexity index is 575. The van der Waals surface area contributed by atoms with Crippen molar-refractivity contribution in [3.63, 3.8) is 0 Å². The van der Waals surface area contributed by atoms with Crippen molar-refractivity contribution in [3.8, 4) is 6.07 Å². The summed E-state index contributed by atoms with van der Waals surface area (Å²) in [4.78, 5) is 1.23. The molecule has 0 bridgehead atoms. The SMILES string of the molecule is N#CC1(c2cc3ccc(Br)cc3s2)CC1. The van der Waals surface area contributed by atoms with Gasteiger partial charge in [0.1, 0.15) is 0 Å². The molecular weight excluding hydrogens is 270 g/mol. The van der Waals surface area contributed by atoms with Crippen LogP contribution in [0.25, 0.3) is 10.1 Å². The van der Waals surface area contributed by atoms with Gasteiger partial charge in [0.25, 0.3) is 0 Å². The Balaban J connectivity index is 2.19. The Morgan fingerprint density at radius 3 is 2.80 bits per heavy atom. The minimum atomic E-state index is -0.143. The van der Waals surface area contributed by atoms with E-state index >= 15 is 0 Å². The maximum absolute atomic E-state index is 9.14.